The molecule has 0 bridgehead atoms. The fourth-order valence-electron chi connectivity index (χ4n) is 2.99. The molecule has 3 N–H and O–H groups in total. The number of hydrogen-bond acceptors (Lipinski definition) is 6. The summed E-state index contributed by atoms with van der Waals surface area (Å²) in [5.74, 6) is 1.39. The van der Waals surface area contributed by atoms with Gasteiger partial charge in [-0.2, -0.15) is 0 Å². The molecule has 1 unspecified atom stereocenters. The summed E-state index contributed by atoms with van der Waals surface area (Å²) in [5, 5.41) is 3.09. The monoisotopic (exact) mass is 340 g/mol. The Hall–Kier alpha value is -3.03. The van der Waals surface area contributed by atoms with Crippen LogP contribution in [0, 0.1) is 6.92 Å². The number of primary amides is 1. The smallest absolute Gasteiger partial charge is 0.248 e. The van der Waals surface area contributed by atoms with E-state index in [-0.39, 0.29) is 5.92 Å². The summed E-state index contributed by atoms with van der Waals surface area (Å²) < 4.78 is 0. The van der Waals surface area contributed by atoms with Crippen LogP contribution in [0.2, 0.25) is 0 Å². The zero-order valence-corrected chi connectivity index (χ0v) is 14.0. The normalized spacial score (nSPS) is 17.2. The van der Waals surface area contributed by atoms with Crippen molar-refractivity contribution in [2.75, 3.05) is 18.4 Å². The van der Waals surface area contributed by atoms with Crippen LogP contribution in [0.4, 0.5) is 11.6 Å². The first kappa shape index (κ1) is 16.8. The standard InChI is InChI=1S/C17H20N6O2/c1-11-20-14(13-3-2-6-23(9-13)10-24)8-16(21-11)22-15-7-12(17(18)25)4-5-19-15/h4-5,7-8,10,13H,2-3,6,9H2,1H3,(H2,18,25)(H,19,20,21,22). The van der Waals surface area contributed by atoms with Gasteiger partial charge in [0.25, 0.3) is 0 Å². The van der Waals surface area contributed by atoms with Crippen molar-refractivity contribution in [2.24, 2.45) is 5.73 Å². The molecule has 2 amide bonds. The van der Waals surface area contributed by atoms with Crippen molar-refractivity contribution in [3.05, 3.63) is 41.5 Å². The predicted molar refractivity (Wildman–Crippen MR) is 92.4 cm³/mol. The second-order valence-corrected chi connectivity index (χ2v) is 6.08. The number of nitrogens with two attached hydrogens (primary N) is 1. The Balaban J connectivity index is 1.83. The maximum atomic E-state index is 11.3. The molecule has 1 aliphatic heterocycles. The molecule has 3 rings (SSSR count). The van der Waals surface area contributed by atoms with Gasteiger partial charge in [0.05, 0.1) is 5.69 Å². The first-order chi connectivity index (χ1) is 12.0. The lowest BCUT2D eigenvalue weighted by Crippen LogP contribution is -2.33. The van der Waals surface area contributed by atoms with Crippen LogP contribution >= 0.6 is 0 Å². The minimum absolute atomic E-state index is 0.186. The number of likely N-dealkylation sites (tertiary alicyclic amines) is 1. The molecule has 2 aromatic heterocycles. The van der Waals surface area contributed by atoms with E-state index in [1.165, 1.54) is 6.20 Å². The molecule has 2 aromatic rings. The molecule has 0 saturated carbocycles. The Labute approximate surface area is 145 Å². The molecule has 1 saturated heterocycles. The molecule has 8 nitrogen and oxygen atoms in total. The first-order valence-corrected chi connectivity index (χ1v) is 8.13. The van der Waals surface area contributed by atoms with Crippen LogP contribution in [-0.4, -0.2) is 45.3 Å². The molecular weight excluding hydrogens is 320 g/mol. The molecule has 1 fully saturated rings. The van der Waals surface area contributed by atoms with Crippen molar-refractivity contribution in [3.8, 4) is 0 Å². The van der Waals surface area contributed by atoms with E-state index in [1.54, 1.807) is 17.0 Å². The van der Waals surface area contributed by atoms with Gasteiger partial charge in [0.1, 0.15) is 17.5 Å². The molecular formula is C17H20N6O2. The lowest BCUT2D eigenvalue weighted by atomic mass is 9.95. The highest BCUT2D eigenvalue weighted by Gasteiger charge is 2.22. The molecule has 0 spiro atoms. The Bertz CT molecular complexity index is 794. The minimum atomic E-state index is -0.513. The van der Waals surface area contributed by atoms with Crippen LogP contribution in [-0.2, 0) is 4.79 Å². The summed E-state index contributed by atoms with van der Waals surface area (Å²) in [4.78, 5) is 37.2. The minimum Gasteiger partial charge on any atom is -0.366 e. The average molecular weight is 340 g/mol. The number of carbonyl (C=O) groups excluding carboxylic acids is 2. The van der Waals surface area contributed by atoms with Gasteiger partial charge in [-0.05, 0) is 31.9 Å². The number of pyridine rings is 1. The fraction of sp³-hybridized carbons (Fsp3) is 0.353. The third-order valence-corrected chi connectivity index (χ3v) is 4.18. The summed E-state index contributed by atoms with van der Waals surface area (Å²) in [5.41, 5.74) is 6.56. The second kappa shape index (κ2) is 7.25. The second-order valence-electron chi connectivity index (χ2n) is 6.08. The summed E-state index contributed by atoms with van der Waals surface area (Å²) in [7, 11) is 0. The first-order valence-electron chi connectivity index (χ1n) is 8.13. The highest BCUT2D eigenvalue weighted by Crippen LogP contribution is 2.27. The third-order valence-electron chi connectivity index (χ3n) is 4.18. The van der Waals surface area contributed by atoms with Gasteiger partial charge in [0.15, 0.2) is 0 Å². The Morgan fingerprint density at radius 2 is 2.20 bits per heavy atom. The van der Waals surface area contributed by atoms with Gasteiger partial charge in [0, 0.05) is 36.8 Å². The number of aryl methyl sites for hydroxylation is 1. The molecule has 1 atom stereocenters. The molecule has 0 radical (unpaired) electrons. The summed E-state index contributed by atoms with van der Waals surface area (Å²) >= 11 is 0. The van der Waals surface area contributed by atoms with Crippen LogP contribution in [0.1, 0.15) is 40.6 Å². The lowest BCUT2D eigenvalue weighted by molar-refractivity contribution is -0.119. The Morgan fingerprint density at radius 3 is 2.96 bits per heavy atom. The molecule has 130 valence electrons. The van der Waals surface area contributed by atoms with Crippen LogP contribution in [0.15, 0.2) is 24.4 Å². The van der Waals surface area contributed by atoms with Gasteiger partial charge in [-0.1, -0.05) is 0 Å². The van der Waals surface area contributed by atoms with Crippen molar-refractivity contribution in [2.45, 2.75) is 25.7 Å². The van der Waals surface area contributed by atoms with E-state index in [1.807, 2.05) is 13.0 Å². The zero-order valence-electron chi connectivity index (χ0n) is 14.0. The van der Waals surface area contributed by atoms with Crippen molar-refractivity contribution >= 4 is 24.0 Å². The van der Waals surface area contributed by atoms with E-state index in [4.69, 9.17) is 5.73 Å². The van der Waals surface area contributed by atoms with Crippen molar-refractivity contribution in [1.29, 1.82) is 0 Å². The van der Waals surface area contributed by atoms with Crippen LogP contribution < -0.4 is 11.1 Å². The molecule has 0 aliphatic carbocycles. The summed E-state index contributed by atoms with van der Waals surface area (Å²) in [6, 6.07) is 5.00. The maximum Gasteiger partial charge on any atom is 0.248 e. The number of nitrogens with zero attached hydrogens (tertiary/aromatic N) is 4. The van der Waals surface area contributed by atoms with E-state index in [9.17, 15) is 9.59 Å². The highest BCUT2D eigenvalue weighted by atomic mass is 16.1. The Kier molecular flexibility index (Phi) is 4.87. The lowest BCUT2D eigenvalue weighted by Gasteiger charge is -2.29. The molecule has 25 heavy (non-hydrogen) atoms. The number of piperidine rings is 1. The molecule has 8 heteroatoms. The van der Waals surface area contributed by atoms with Crippen molar-refractivity contribution in [3.63, 3.8) is 0 Å². The van der Waals surface area contributed by atoms with Gasteiger partial charge in [-0.15, -0.1) is 0 Å². The average Bonchev–Trinajstić information content (AvgIpc) is 2.61. The number of carbonyl (C=O) groups is 2. The molecule has 0 aromatic carbocycles. The van der Waals surface area contributed by atoms with E-state index in [0.717, 1.165) is 31.5 Å². The van der Waals surface area contributed by atoms with E-state index < -0.39 is 5.91 Å². The van der Waals surface area contributed by atoms with Gasteiger partial charge in [0.2, 0.25) is 12.3 Å². The van der Waals surface area contributed by atoms with Gasteiger partial charge >= 0.3 is 0 Å². The van der Waals surface area contributed by atoms with Crippen molar-refractivity contribution < 1.29 is 9.59 Å². The molecule has 3 heterocycles. The zero-order chi connectivity index (χ0) is 17.8. The van der Waals surface area contributed by atoms with Gasteiger partial charge in [-0.3, -0.25) is 9.59 Å². The topological polar surface area (TPSA) is 114 Å². The maximum absolute atomic E-state index is 11.3. The fourth-order valence-corrected chi connectivity index (χ4v) is 2.99. The summed E-state index contributed by atoms with van der Waals surface area (Å²) in [6.45, 7) is 3.27. The summed E-state index contributed by atoms with van der Waals surface area (Å²) in [6.07, 6.45) is 4.34. The van der Waals surface area contributed by atoms with Crippen LogP contribution in [0.5, 0.6) is 0 Å². The van der Waals surface area contributed by atoms with Gasteiger partial charge in [-0.25, -0.2) is 15.0 Å². The van der Waals surface area contributed by atoms with E-state index in [0.29, 0.717) is 29.6 Å². The van der Waals surface area contributed by atoms with Crippen LogP contribution in [0.25, 0.3) is 0 Å². The Morgan fingerprint density at radius 1 is 1.36 bits per heavy atom. The number of rotatable bonds is 5. The number of aromatic nitrogens is 3. The number of amides is 2. The SMILES string of the molecule is Cc1nc(Nc2cc(C(N)=O)ccn2)cc(C2CCCN(C=O)C2)n1. The number of anilines is 2. The predicted octanol–water partition coefficient (Wildman–Crippen LogP) is 1.36. The number of hydrogen-bond donors (Lipinski definition) is 2. The van der Waals surface area contributed by atoms with E-state index >= 15 is 0 Å². The number of nitrogens with one attached hydrogen (secondary N) is 1. The largest absolute Gasteiger partial charge is 0.366 e. The van der Waals surface area contributed by atoms with Gasteiger partial charge < -0.3 is 16.0 Å². The van der Waals surface area contributed by atoms with E-state index in [2.05, 4.69) is 20.3 Å². The van der Waals surface area contributed by atoms with Crippen LogP contribution in [0.3, 0.4) is 0 Å². The third kappa shape index (κ3) is 4.09. The van der Waals surface area contributed by atoms with Crippen molar-refractivity contribution in [1.82, 2.24) is 19.9 Å². The molecule has 1 aliphatic rings. The highest BCUT2D eigenvalue weighted by molar-refractivity contribution is 5.93. The quantitative estimate of drug-likeness (QED) is 0.794.